The van der Waals surface area contributed by atoms with Crippen LogP contribution in [0.1, 0.15) is 88.2 Å². The predicted molar refractivity (Wildman–Crippen MR) is 175 cm³/mol. The number of benzene rings is 2. The summed E-state index contributed by atoms with van der Waals surface area (Å²) in [6.07, 6.45) is 20.2. The van der Waals surface area contributed by atoms with E-state index in [9.17, 15) is 0 Å². The summed E-state index contributed by atoms with van der Waals surface area (Å²) in [6.45, 7) is 3.12. The van der Waals surface area contributed by atoms with Gasteiger partial charge in [0.05, 0.1) is 13.2 Å². The molecule has 0 amide bonds. The van der Waals surface area contributed by atoms with Crippen molar-refractivity contribution in [3.05, 3.63) is 59.4 Å². The minimum atomic E-state index is 0.188. The molecule has 6 nitrogen and oxygen atoms in total. The lowest BCUT2D eigenvalue weighted by Gasteiger charge is -2.59. The summed E-state index contributed by atoms with van der Waals surface area (Å²) in [4.78, 5) is 0. The molecule has 0 aromatic heterocycles. The average Bonchev–Trinajstić information content (AvgIpc) is 3.96. The first-order valence-electron chi connectivity index (χ1n) is 18.3. The average molecular weight is 625 g/mol. The molecule has 8 bridgehead atoms. The largest absolute Gasteiger partial charge is 0.491 e. The van der Waals surface area contributed by atoms with Crippen LogP contribution in [0, 0.1) is 35.5 Å². The third-order valence-electron chi connectivity index (χ3n) is 13.3. The van der Waals surface area contributed by atoms with Crippen molar-refractivity contribution in [3.63, 3.8) is 0 Å². The molecular formula is C40H48O6. The van der Waals surface area contributed by atoms with Crippen LogP contribution < -0.4 is 9.47 Å². The van der Waals surface area contributed by atoms with E-state index in [-0.39, 0.29) is 10.8 Å². The molecule has 0 spiro atoms. The lowest BCUT2D eigenvalue weighted by Crippen LogP contribution is -2.50. The van der Waals surface area contributed by atoms with Gasteiger partial charge in [-0.15, -0.1) is 0 Å². The summed E-state index contributed by atoms with van der Waals surface area (Å²) in [5, 5.41) is 2.78. The minimum absolute atomic E-state index is 0.188. The van der Waals surface area contributed by atoms with E-state index in [1.807, 2.05) is 0 Å². The topological polar surface area (TPSA) is 62.0 Å². The molecule has 2 aromatic carbocycles. The van der Waals surface area contributed by atoms with Crippen LogP contribution in [-0.2, 0) is 29.8 Å². The van der Waals surface area contributed by atoms with Crippen molar-refractivity contribution in [1.82, 2.24) is 0 Å². The molecule has 8 saturated carbocycles. The molecule has 0 radical (unpaired) electrons. The maximum atomic E-state index is 6.90. The molecule has 2 aliphatic heterocycles. The maximum absolute atomic E-state index is 6.90. The van der Waals surface area contributed by atoms with Gasteiger partial charge in [-0.25, -0.2) is 0 Å². The van der Waals surface area contributed by atoms with Gasteiger partial charge in [0.1, 0.15) is 50.5 Å². The summed E-state index contributed by atoms with van der Waals surface area (Å²) >= 11 is 0. The molecule has 2 aromatic rings. The highest BCUT2D eigenvalue weighted by atomic mass is 16.6. The zero-order valence-corrected chi connectivity index (χ0v) is 27.1. The summed E-state index contributed by atoms with van der Waals surface area (Å²) in [5.74, 6) is 9.06. The van der Waals surface area contributed by atoms with Crippen LogP contribution in [-0.4, -0.2) is 39.6 Å². The van der Waals surface area contributed by atoms with Gasteiger partial charge in [-0.2, -0.15) is 0 Å². The lowest BCUT2D eigenvalue weighted by atomic mass is 9.46. The van der Waals surface area contributed by atoms with E-state index in [1.165, 1.54) is 93.4 Å². The molecule has 244 valence electrons. The van der Waals surface area contributed by atoms with Gasteiger partial charge < -0.3 is 28.4 Å². The number of ether oxygens (including phenoxy) is 6. The van der Waals surface area contributed by atoms with Gasteiger partial charge in [0.15, 0.2) is 11.5 Å². The molecule has 12 rings (SSSR count). The predicted octanol–water partition coefficient (Wildman–Crippen LogP) is 8.31. The molecule has 8 fully saturated rings. The Hall–Kier alpha value is -2.70. The first-order chi connectivity index (χ1) is 22.6. The van der Waals surface area contributed by atoms with E-state index in [0.29, 0.717) is 39.6 Å². The van der Waals surface area contributed by atoms with E-state index in [4.69, 9.17) is 28.4 Å². The van der Waals surface area contributed by atoms with Crippen LogP contribution in [0.2, 0.25) is 0 Å². The highest BCUT2D eigenvalue weighted by Gasteiger charge is 2.56. The van der Waals surface area contributed by atoms with Crippen LogP contribution >= 0.6 is 0 Å². The highest BCUT2D eigenvalue weighted by Crippen LogP contribution is 2.66. The lowest BCUT2D eigenvalue weighted by molar-refractivity contribution is -0.00771. The molecule has 6 heteroatoms. The Kier molecular flexibility index (Phi) is 6.72. The Bertz CT molecular complexity index is 1520. The van der Waals surface area contributed by atoms with Crippen LogP contribution in [0.5, 0.6) is 11.5 Å². The molecule has 0 unspecified atom stereocenters. The SMILES string of the molecule is C1=C(COCCOc2cc(OCCOCC3=CO3)c3cccc(C45CC6CC(CC(C6)C4)C5)c3c2C23CC4CC(CC(C4)C2)C3)O1. The van der Waals surface area contributed by atoms with Crippen molar-refractivity contribution in [2.75, 3.05) is 39.6 Å². The van der Waals surface area contributed by atoms with E-state index < -0.39 is 0 Å². The quantitative estimate of drug-likeness (QED) is 0.197. The fourth-order valence-electron chi connectivity index (χ4n) is 12.5. The third kappa shape index (κ3) is 5.05. The van der Waals surface area contributed by atoms with Crippen LogP contribution in [0.4, 0.5) is 0 Å². The normalized spacial score (nSPS) is 37.1. The van der Waals surface area contributed by atoms with Crippen LogP contribution in [0.25, 0.3) is 10.8 Å². The third-order valence-corrected chi connectivity index (χ3v) is 13.3. The van der Waals surface area contributed by atoms with Gasteiger partial charge in [0.2, 0.25) is 0 Å². The molecule has 46 heavy (non-hydrogen) atoms. The Morgan fingerprint density at radius 1 is 0.587 bits per heavy atom. The Balaban J connectivity index is 1.09. The van der Waals surface area contributed by atoms with Crippen molar-refractivity contribution >= 4 is 10.8 Å². The highest BCUT2D eigenvalue weighted by molar-refractivity contribution is 5.97. The van der Waals surface area contributed by atoms with E-state index in [2.05, 4.69) is 24.3 Å². The second-order valence-corrected chi connectivity index (χ2v) is 16.6. The first-order valence-corrected chi connectivity index (χ1v) is 18.3. The second-order valence-electron chi connectivity index (χ2n) is 16.6. The van der Waals surface area contributed by atoms with Gasteiger partial charge in [-0.05, 0) is 129 Å². The van der Waals surface area contributed by atoms with Gasteiger partial charge in [-0.1, -0.05) is 18.2 Å². The number of fused-ring (bicyclic) bond motifs is 1. The van der Waals surface area contributed by atoms with E-state index in [0.717, 1.165) is 58.5 Å². The fourth-order valence-corrected chi connectivity index (χ4v) is 12.5. The molecule has 2 heterocycles. The molecule has 0 atom stereocenters. The minimum Gasteiger partial charge on any atom is -0.491 e. The summed E-state index contributed by atoms with van der Waals surface area (Å²) in [7, 11) is 0. The van der Waals surface area contributed by atoms with Gasteiger partial charge in [-0.3, -0.25) is 0 Å². The van der Waals surface area contributed by atoms with Crippen molar-refractivity contribution in [3.8, 4) is 11.5 Å². The molecule has 0 saturated heterocycles. The van der Waals surface area contributed by atoms with Gasteiger partial charge in [0, 0.05) is 22.4 Å². The summed E-state index contributed by atoms with van der Waals surface area (Å²) in [6, 6.07) is 9.46. The van der Waals surface area contributed by atoms with Gasteiger partial charge in [0.25, 0.3) is 0 Å². The van der Waals surface area contributed by atoms with E-state index in [1.54, 1.807) is 18.1 Å². The van der Waals surface area contributed by atoms with Crippen LogP contribution in [0.15, 0.2) is 48.3 Å². The Labute approximate surface area is 272 Å². The van der Waals surface area contributed by atoms with Crippen molar-refractivity contribution < 1.29 is 28.4 Å². The van der Waals surface area contributed by atoms with Crippen LogP contribution in [0.3, 0.4) is 0 Å². The smallest absolute Gasteiger partial charge is 0.164 e. The van der Waals surface area contributed by atoms with Crippen molar-refractivity contribution in [2.45, 2.75) is 87.9 Å². The summed E-state index contributed by atoms with van der Waals surface area (Å²) in [5.41, 5.74) is 3.62. The molecule has 0 N–H and O–H groups in total. The zero-order chi connectivity index (χ0) is 30.3. The number of hydrogen-bond donors (Lipinski definition) is 0. The number of rotatable bonds is 14. The Morgan fingerprint density at radius 3 is 1.57 bits per heavy atom. The van der Waals surface area contributed by atoms with Crippen molar-refractivity contribution in [2.24, 2.45) is 35.5 Å². The molecule has 10 aliphatic rings. The monoisotopic (exact) mass is 624 g/mol. The fraction of sp³-hybridized carbons (Fsp3) is 0.650. The number of hydrogen-bond acceptors (Lipinski definition) is 6. The van der Waals surface area contributed by atoms with E-state index >= 15 is 0 Å². The van der Waals surface area contributed by atoms with Crippen molar-refractivity contribution in [1.29, 1.82) is 0 Å². The molecule has 8 aliphatic carbocycles. The molecular weight excluding hydrogens is 576 g/mol. The zero-order valence-electron chi connectivity index (χ0n) is 27.1. The Morgan fingerprint density at radius 2 is 1.07 bits per heavy atom. The standard InChI is InChI=1S/C40H48O6/c1-2-33-35(43-6-4-41-21-31-23-45-31)14-36(44-7-5-42-22-32-24-46-32)38(40-18-28-11-29(19-40)13-30(12-28)20-40)37(33)34(3-1)39-15-25-8-26(16-39)10-27(9-25)17-39/h1-3,14,23-30H,4-13,15-22H2. The maximum Gasteiger partial charge on any atom is 0.164 e. The second kappa shape index (κ2) is 10.9. The van der Waals surface area contributed by atoms with Gasteiger partial charge >= 0.3 is 0 Å². The first kappa shape index (κ1) is 28.3. The summed E-state index contributed by atoms with van der Waals surface area (Å²) < 4.78 is 35.6.